The maximum absolute atomic E-state index is 12.4. The van der Waals surface area contributed by atoms with E-state index in [1.807, 2.05) is 31.2 Å². The summed E-state index contributed by atoms with van der Waals surface area (Å²) in [6, 6.07) is 10.5. The molecule has 0 radical (unpaired) electrons. The van der Waals surface area contributed by atoms with Gasteiger partial charge in [-0.25, -0.2) is 0 Å². The SMILES string of the molecule is Cc1ccccc1NC(=O)Cc1nnc(SCC(=O)Nc2cc(Cl)c(Cl)cc2Cl)n1C. The zero-order valence-corrected chi connectivity index (χ0v) is 19.7. The van der Waals surface area contributed by atoms with Gasteiger partial charge in [0, 0.05) is 12.7 Å². The Hall–Kier alpha value is -2.26. The smallest absolute Gasteiger partial charge is 0.234 e. The number of nitrogens with one attached hydrogen (secondary N) is 2. The lowest BCUT2D eigenvalue weighted by Crippen LogP contribution is -2.18. The van der Waals surface area contributed by atoms with Gasteiger partial charge in [0.1, 0.15) is 5.82 Å². The Morgan fingerprint density at radius 3 is 2.39 bits per heavy atom. The minimum absolute atomic E-state index is 0.0590. The van der Waals surface area contributed by atoms with Gasteiger partial charge in [-0.3, -0.25) is 9.59 Å². The van der Waals surface area contributed by atoms with Crippen LogP contribution in [0.15, 0.2) is 41.6 Å². The van der Waals surface area contributed by atoms with Crippen molar-refractivity contribution in [2.75, 3.05) is 16.4 Å². The first-order chi connectivity index (χ1) is 14.7. The molecular weight excluding hydrogens is 481 g/mol. The summed E-state index contributed by atoms with van der Waals surface area (Å²) in [4.78, 5) is 24.6. The minimum atomic E-state index is -0.299. The second kappa shape index (κ2) is 10.4. The summed E-state index contributed by atoms with van der Waals surface area (Å²) < 4.78 is 1.68. The van der Waals surface area contributed by atoms with Crippen LogP contribution in [-0.4, -0.2) is 32.3 Å². The number of rotatable bonds is 7. The second-order valence-electron chi connectivity index (χ2n) is 6.58. The van der Waals surface area contributed by atoms with E-state index in [0.717, 1.165) is 11.3 Å². The fraction of sp³-hybridized carbons (Fsp3) is 0.200. The fourth-order valence-corrected chi connectivity index (χ4v) is 3.93. The third kappa shape index (κ3) is 6.13. The standard InChI is InChI=1S/C20H18Cl3N5O2S/c1-11-5-3-4-6-15(11)24-18(29)9-17-26-27-20(28(17)2)31-10-19(30)25-16-8-13(22)12(21)7-14(16)23/h3-8H,9-10H2,1-2H3,(H,24,29)(H,25,30). The molecule has 3 rings (SSSR count). The summed E-state index contributed by atoms with van der Waals surface area (Å²) in [6.45, 7) is 1.92. The molecule has 7 nitrogen and oxygen atoms in total. The molecule has 1 heterocycles. The summed E-state index contributed by atoms with van der Waals surface area (Å²) in [5.41, 5.74) is 2.09. The molecule has 3 aromatic rings. The van der Waals surface area contributed by atoms with E-state index < -0.39 is 0 Å². The summed E-state index contributed by atoms with van der Waals surface area (Å²) in [5.74, 6) is 0.0554. The number of benzene rings is 2. The van der Waals surface area contributed by atoms with Crippen molar-refractivity contribution in [1.29, 1.82) is 0 Å². The van der Waals surface area contributed by atoms with E-state index in [2.05, 4.69) is 20.8 Å². The molecule has 0 bridgehead atoms. The van der Waals surface area contributed by atoms with Crippen LogP contribution in [0.25, 0.3) is 0 Å². The van der Waals surface area contributed by atoms with Crippen LogP contribution in [-0.2, 0) is 23.1 Å². The van der Waals surface area contributed by atoms with Crippen LogP contribution in [0.1, 0.15) is 11.4 Å². The van der Waals surface area contributed by atoms with Crippen molar-refractivity contribution in [3.63, 3.8) is 0 Å². The predicted octanol–water partition coefficient (Wildman–Crippen LogP) is 5.00. The number of amides is 2. The van der Waals surface area contributed by atoms with Gasteiger partial charge >= 0.3 is 0 Å². The van der Waals surface area contributed by atoms with Crippen molar-refractivity contribution in [3.05, 3.63) is 62.9 Å². The summed E-state index contributed by atoms with van der Waals surface area (Å²) >= 11 is 19.1. The van der Waals surface area contributed by atoms with Gasteiger partial charge in [-0.15, -0.1) is 10.2 Å². The van der Waals surface area contributed by atoms with Gasteiger partial charge in [-0.1, -0.05) is 64.8 Å². The zero-order valence-electron chi connectivity index (χ0n) is 16.6. The van der Waals surface area contributed by atoms with E-state index in [1.165, 1.54) is 23.9 Å². The molecule has 0 fully saturated rings. The Labute approximate surface area is 198 Å². The minimum Gasteiger partial charge on any atom is -0.325 e. The maximum atomic E-state index is 12.4. The molecule has 0 saturated carbocycles. The molecule has 2 amide bonds. The van der Waals surface area contributed by atoms with Crippen LogP contribution < -0.4 is 10.6 Å². The second-order valence-corrected chi connectivity index (χ2v) is 8.74. The molecule has 0 aliphatic heterocycles. The Bertz CT molecular complexity index is 1140. The van der Waals surface area contributed by atoms with Crippen molar-refractivity contribution < 1.29 is 9.59 Å². The highest BCUT2D eigenvalue weighted by Crippen LogP contribution is 2.32. The highest BCUT2D eigenvalue weighted by molar-refractivity contribution is 7.99. The van der Waals surface area contributed by atoms with Crippen molar-refractivity contribution in [1.82, 2.24) is 14.8 Å². The third-order valence-corrected chi connectivity index (χ3v) is 6.33. The topological polar surface area (TPSA) is 88.9 Å². The van der Waals surface area contributed by atoms with Crippen LogP contribution in [0.4, 0.5) is 11.4 Å². The van der Waals surface area contributed by atoms with Crippen LogP contribution in [0, 0.1) is 6.92 Å². The number of thioether (sulfide) groups is 1. The fourth-order valence-electron chi connectivity index (χ4n) is 2.61. The quantitative estimate of drug-likeness (QED) is 0.354. The molecule has 0 unspecified atom stereocenters. The molecule has 0 aliphatic carbocycles. The van der Waals surface area contributed by atoms with Crippen LogP contribution >= 0.6 is 46.6 Å². The lowest BCUT2D eigenvalue weighted by atomic mass is 10.2. The van der Waals surface area contributed by atoms with Crippen molar-refractivity contribution in [2.45, 2.75) is 18.5 Å². The number of nitrogens with zero attached hydrogens (tertiary/aromatic N) is 3. The highest BCUT2D eigenvalue weighted by Gasteiger charge is 2.16. The number of halogens is 3. The monoisotopic (exact) mass is 497 g/mol. The number of hydrogen-bond donors (Lipinski definition) is 2. The first-order valence-corrected chi connectivity index (χ1v) is 11.2. The van der Waals surface area contributed by atoms with E-state index in [-0.39, 0.29) is 34.0 Å². The molecule has 0 saturated heterocycles. The van der Waals surface area contributed by atoms with Gasteiger partial charge in [-0.05, 0) is 30.7 Å². The summed E-state index contributed by atoms with van der Waals surface area (Å²) in [6.07, 6.45) is 0.0590. The van der Waals surface area contributed by atoms with E-state index in [4.69, 9.17) is 34.8 Å². The van der Waals surface area contributed by atoms with Crippen molar-refractivity contribution in [2.24, 2.45) is 7.05 Å². The summed E-state index contributed by atoms with van der Waals surface area (Å²) in [5, 5.41) is 15.1. The molecule has 0 spiro atoms. The number of para-hydroxylation sites is 1. The Morgan fingerprint density at radius 1 is 0.968 bits per heavy atom. The first-order valence-electron chi connectivity index (χ1n) is 9.05. The van der Waals surface area contributed by atoms with Gasteiger partial charge in [-0.2, -0.15) is 0 Å². The number of anilines is 2. The van der Waals surface area contributed by atoms with Crippen molar-refractivity contribution in [3.8, 4) is 0 Å². The maximum Gasteiger partial charge on any atom is 0.234 e. The Balaban J connectivity index is 1.56. The number of aryl methyl sites for hydroxylation is 1. The van der Waals surface area contributed by atoms with E-state index in [1.54, 1.807) is 11.6 Å². The number of aromatic nitrogens is 3. The van der Waals surface area contributed by atoms with Gasteiger partial charge in [0.25, 0.3) is 0 Å². The lowest BCUT2D eigenvalue weighted by molar-refractivity contribution is -0.116. The molecule has 2 N–H and O–H groups in total. The zero-order chi connectivity index (χ0) is 22.5. The van der Waals surface area contributed by atoms with Crippen LogP contribution in [0.5, 0.6) is 0 Å². The number of carbonyl (C=O) groups is 2. The van der Waals surface area contributed by atoms with E-state index >= 15 is 0 Å². The Kier molecular flexibility index (Phi) is 7.83. The van der Waals surface area contributed by atoms with Crippen LogP contribution in [0.2, 0.25) is 15.1 Å². The molecule has 31 heavy (non-hydrogen) atoms. The normalized spacial score (nSPS) is 10.7. The van der Waals surface area contributed by atoms with E-state index in [0.29, 0.717) is 21.7 Å². The van der Waals surface area contributed by atoms with Gasteiger partial charge in [0.05, 0.1) is 32.9 Å². The molecule has 0 atom stereocenters. The Morgan fingerprint density at radius 2 is 1.65 bits per heavy atom. The van der Waals surface area contributed by atoms with Gasteiger partial charge < -0.3 is 15.2 Å². The van der Waals surface area contributed by atoms with Gasteiger partial charge in [0.15, 0.2) is 5.16 Å². The summed E-state index contributed by atoms with van der Waals surface area (Å²) in [7, 11) is 1.74. The molecule has 11 heteroatoms. The van der Waals surface area contributed by atoms with Gasteiger partial charge in [0.2, 0.25) is 11.8 Å². The number of hydrogen-bond acceptors (Lipinski definition) is 5. The van der Waals surface area contributed by atoms with E-state index in [9.17, 15) is 9.59 Å². The number of carbonyl (C=O) groups excluding carboxylic acids is 2. The highest BCUT2D eigenvalue weighted by atomic mass is 35.5. The van der Waals surface area contributed by atoms with Crippen LogP contribution in [0.3, 0.4) is 0 Å². The average molecular weight is 499 g/mol. The molecule has 0 aliphatic rings. The molecule has 1 aromatic heterocycles. The molecule has 162 valence electrons. The molecule has 2 aromatic carbocycles. The lowest BCUT2D eigenvalue weighted by Gasteiger charge is -2.09. The third-order valence-electron chi connectivity index (χ3n) is 4.28. The van der Waals surface area contributed by atoms with Crippen molar-refractivity contribution >= 4 is 69.8 Å². The molecular formula is C20H18Cl3N5O2S. The predicted molar refractivity (Wildman–Crippen MR) is 125 cm³/mol. The average Bonchev–Trinajstić information content (AvgIpc) is 3.05. The largest absolute Gasteiger partial charge is 0.325 e. The first kappa shape index (κ1) is 23.4.